The molecule has 1 fully saturated rings. The fourth-order valence-electron chi connectivity index (χ4n) is 3.12. The minimum atomic E-state index is -1.18. The van der Waals surface area contributed by atoms with Crippen LogP contribution in [0.25, 0.3) is 10.4 Å². The van der Waals surface area contributed by atoms with Crippen molar-refractivity contribution in [2.45, 2.75) is 31.9 Å². The molecular weight excluding hydrogens is 354 g/mol. The van der Waals surface area contributed by atoms with Crippen LogP contribution in [-0.4, -0.2) is 57.3 Å². The number of benzene rings is 1. The molecule has 3 rings (SSSR count). The van der Waals surface area contributed by atoms with Gasteiger partial charge in [-0.05, 0) is 24.5 Å². The van der Waals surface area contributed by atoms with E-state index < -0.39 is 18.2 Å². The summed E-state index contributed by atoms with van der Waals surface area (Å²) < 4.78 is 0. The van der Waals surface area contributed by atoms with Crippen LogP contribution in [0.5, 0.6) is 0 Å². The number of carboxylic acid groups (broad SMARTS) is 1. The highest BCUT2D eigenvalue weighted by molar-refractivity contribution is 7.13. The lowest BCUT2D eigenvalue weighted by Crippen LogP contribution is -2.45. The van der Waals surface area contributed by atoms with E-state index >= 15 is 0 Å². The van der Waals surface area contributed by atoms with Gasteiger partial charge in [-0.2, -0.15) is 0 Å². The van der Waals surface area contributed by atoms with Crippen molar-refractivity contribution in [3.8, 4) is 10.4 Å². The van der Waals surface area contributed by atoms with Gasteiger partial charge in [0.15, 0.2) is 0 Å². The Bertz CT molecular complexity index is 790. The number of rotatable bonds is 5. The molecule has 1 aromatic carbocycles. The molecule has 2 amide bonds. The molecule has 26 heavy (non-hydrogen) atoms. The highest BCUT2D eigenvalue weighted by Crippen LogP contribution is 2.27. The summed E-state index contributed by atoms with van der Waals surface area (Å²) in [5.74, 6) is -0.360. The summed E-state index contributed by atoms with van der Waals surface area (Å²) in [7, 11) is 0. The van der Waals surface area contributed by atoms with Gasteiger partial charge in [-0.15, -0.1) is 11.3 Å². The number of carbonyl (C=O) groups is 2. The third kappa shape index (κ3) is 4.03. The Morgan fingerprint density at radius 2 is 2.08 bits per heavy atom. The highest BCUT2D eigenvalue weighted by atomic mass is 32.1. The predicted octanol–water partition coefficient (Wildman–Crippen LogP) is 1.89. The maximum atomic E-state index is 12.2. The van der Waals surface area contributed by atoms with Gasteiger partial charge < -0.3 is 15.5 Å². The van der Waals surface area contributed by atoms with Crippen LogP contribution in [0.4, 0.5) is 4.79 Å². The Kier molecular flexibility index (Phi) is 5.53. The third-order valence-electron chi connectivity index (χ3n) is 4.50. The van der Waals surface area contributed by atoms with Crippen LogP contribution in [0.2, 0.25) is 0 Å². The molecule has 0 spiro atoms. The maximum Gasteiger partial charge on any atom is 0.408 e. The predicted molar refractivity (Wildman–Crippen MR) is 98.1 cm³/mol. The number of carbonyl (C=O) groups excluding carboxylic acids is 1. The molecule has 0 bridgehead atoms. The highest BCUT2D eigenvalue weighted by Gasteiger charge is 2.38. The van der Waals surface area contributed by atoms with Gasteiger partial charge in [0.2, 0.25) is 5.91 Å². The molecule has 3 N–H and O–H groups in total. The summed E-state index contributed by atoms with van der Waals surface area (Å²) in [5, 5.41) is 21.5. The van der Waals surface area contributed by atoms with E-state index in [1.54, 1.807) is 11.3 Å². The van der Waals surface area contributed by atoms with E-state index in [2.05, 4.69) is 10.3 Å². The zero-order valence-corrected chi connectivity index (χ0v) is 15.2. The van der Waals surface area contributed by atoms with Gasteiger partial charge >= 0.3 is 6.09 Å². The van der Waals surface area contributed by atoms with Crippen LogP contribution in [0, 0.1) is 6.92 Å². The van der Waals surface area contributed by atoms with Gasteiger partial charge in [-0.1, -0.05) is 24.3 Å². The molecule has 138 valence electrons. The van der Waals surface area contributed by atoms with E-state index in [0.717, 1.165) is 26.6 Å². The molecule has 2 atom stereocenters. The monoisotopic (exact) mass is 375 g/mol. The number of likely N-dealkylation sites (tertiary alicyclic amines) is 1. The molecule has 1 aliphatic rings. The van der Waals surface area contributed by atoms with E-state index in [-0.39, 0.29) is 18.9 Å². The molecule has 0 aliphatic carbocycles. The van der Waals surface area contributed by atoms with Crippen LogP contribution < -0.4 is 5.32 Å². The van der Waals surface area contributed by atoms with E-state index in [1.807, 2.05) is 36.7 Å². The quantitative estimate of drug-likeness (QED) is 0.741. The number of hydrogen-bond acceptors (Lipinski definition) is 5. The zero-order chi connectivity index (χ0) is 18.7. The Hall–Kier alpha value is -2.45. The van der Waals surface area contributed by atoms with Crippen molar-refractivity contribution in [1.29, 1.82) is 0 Å². The van der Waals surface area contributed by atoms with E-state index in [0.29, 0.717) is 13.0 Å². The van der Waals surface area contributed by atoms with E-state index in [9.17, 15) is 14.7 Å². The second-order valence-electron chi connectivity index (χ2n) is 6.35. The molecule has 2 heterocycles. The number of β-amino-alcohol motifs (C(OH)–C–C–N with tert-alkyl or cyclic N) is 1. The van der Waals surface area contributed by atoms with Gasteiger partial charge in [0.05, 0.1) is 28.7 Å². The topological polar surface area (TPSA) is 103 Å². The third-order valence-corrected chi connectivity index (χ3v) is 5.48. The number of amides is 2. The maximum absolute atomic E-state index is 12.2. The van der Waals surface area contributed by atoms with Crippen molar-refractivity contribution in [1.82, 2.24) is 15.2 Å². The van der Waals surface area contributed by atoms with Crippen LogP contribution >= 0.6 is 11.3 Å². The molecule has 7 nitrogen and oxygen atoms in total. The molecule has 0 unspecified atom stereocenters. The summed E-state index contributed by atoms with van der Waals surface area (Å²) in [6.07, 6.45) is -1.18. The van der Waals surface area contributed by atoms with Crippen LogP contribution in [-0.2, 0) is 11.2 Å². The molecule has 1 aliphatic heterocycles. The smallest absolute Gasteiger partial charge is 0.408 e. The lowest BCUT2D eigenvalue weighted by atomic mass is 10.1. The first-order chi connectivity index (χ1) is 12.5. The molecule has 1 saturated heterocycles. The fourth-order valence-corrected chi connectivity index (χ4v) is 3.94. The van der Waals surface area contributed by atoms with Crippen LogP contribution in [0.3, 0.4) is 0 Å². The second-order valence-corrected chi connectivity index (χ2v) is 7.20. The van der Waals surface area contributed by atoms with Crippen molar-refractivity contribution < 1.29 is 19.8 Å². The second kappa shape index (κ2) is 7.84. The Labute approximate surface area is 155 Å². The Balaban J connectivity index is 1.52. The van der Waals surface area contributed by atoms with Gasteiger partial charge in [0.1, 0.15) is 6.04 Å². The standard InChI is InChI=1S/C18H21N3O4S/c1-11-16(26-10-20-11)13-4-2-12(3-5-13)6-7-19-17(23)15-8-14(22)9-21(15)18(24)25/h2-5,10,14-15,22H,6-9H2,1H3,(H,19,23)(H,24,25)/t14-,15+/m0/s1. The van der Waals surface area contributed by atoms with Gasteiger partial charge in [-0.25, -0.2) is 9.78 Å². The number of nitrogens with one attached hydrogen (secondary N) is 1. The Morgan fingerprint density at radius 1 is 1.35 bits per heavy atom. The summed E-state index contributed by atoms with van der Waals surface area (Å²) >= 11 is 1.61. The fraction of sp³-hybridized carbons (Fsp3) is 0.389. The number of aromatic nitrogens is 1. The number of aryl methyl sites for hydroxylation is 1. The van der Waals surface area contributed by atoms with Crippen molar-refractivity contribution in [3.63, 3.8) is 0 Å². The average molecular weight is 375 g/mol. The lowest BCUT2D eigenvalue weighted by molar-refractivity contribution is -0.125. The molecule has 2 aromatic rings. The van der Waals surface area contributed by atoms with Gasteiger partial charge in [-0.3, -0.25) is 9.69 Å². The number of thiazole rings is 1. The largest absolute Gasteiger partial charge is 0.465 e. The molecule has 0 radical (unpaired) electrons. The van der Waals surface area contributed by atoms with Crippen LogP contribution in [0.1, 0.15) is 17.7 Å². The number of aliphatic hydroxyl groups excluding tert-OH is 1. The summed E-state index contributed by atoms with van der Waals surface area (Å²) in [6, 6.07) is 7.29. The summed E-state index contributed by atoms with van der Waals surface area (Å²) in [6.45, 7) is 2.37. The number of hydrogen-bond donors (Lipinski definition) is 3. The molecular formula is C18H21N3O4S. The molecule has 8 heteroatoms. The van der Waals surface area contributed by atoms with Crippen molar-refractivity contribution >= 4 is 23.3 Å². The van der Waals surface area contributed by atoms with Gasteiger partial charge in [0, 0.05) is 13.0 Å². The van der Waals surface area contributed by atoms with Gasteiger partial charge in [0.25, 0.3) is 0 Å². The summed E-state index contributed by atoms with van der Waals surface area (Å²) in [5.41, 5.74) is 5.04. The Morgan fingerprint density at radius 3 is 2.69 bits per heavy atom. The van der Waals surface area contributed by atoms with Crippen LogP contribution in [0.15, 0.2) is 29.8 Å². The minimum Gasteiger partial charge on any atom is -0.465 e. The number of aliphatic hydroxyl groups is 1. The summed E-state index contributed by atoms with van der Waals surface area (Å²) in [4.78, 5) is 29.7. The molecule has 0 saturated carbocycles. The van der Waals surface area contributed by atoms with Crippen molar-refractivity contribution in [2.24, 2.45) is 0 Å². The van der Waals surface area contributed by atoms with Crippen molar-refractivity contribution in [3.05, 3.63) is 41.0 Å². The first-order valence-corrected chi connectivity index (χ1v) is 9.28. The average Bonchev–Trinajstić information content (AvgIpc) is 3.21. The van der Waals surface area contributed by atoms with E-state index in [4.69, 9.17) is 5.11 Å². The first kappa shape index (κ1) is 18.3. The normalized spacial score (nSPS) is 19.5. The first-order valence-electron chi connectivity index (χ1n) is 8.40. The lowest BCUT2D eigenvalue weighted by Gasteiger charge is -2.20. The minimum absolute atomic E-state index is 0.0219. The molecule has 1 aromatic heterocycles. The zero-order valence-electron chi connectivity index (χ0n) is 14.4. The SMILES string of the molecule is Cc1ncsc1-c1ccc(CCNC(=O)[C@H]2C[C@H](O)CN2C(=O)O)cc1. The van der Waals surface area contributed by atoms with E-state index in [1.165, 1.54) is 0 Å². The number of nitrogens with zero attached hydrogens (tertiary/aromatic N) is 2. The van der Waals surface area contributed by atoms with Crippen molar-refractivity contribution in [2.75, 3.05) is 13.1 Å².